The molecule has 3 N–H and O–H groups in total. The minimum atomic E-state index is 0.0454. The van der Waals surface area contributed by atoms with Gasteiger partial charge in [0.1, 0.15) is 17.8 Å². The molecule has 1 heterocycles. The lowest BCUT2D eigenvalue weighted by atomic mass is 10.1. The lowest BCUT2D eigenvalue weighted by molar-refractivity contribution is 0.464. The van der Waals surface area contributed by atoms with Crippen LogP contribution in [0.1, 0.15) is 24.1 Å². The van der Waals surface area contributed by atoms with E-state index in [2.05, 4.69) is 15.3 Å². The number of anilines is 2. The average Bonchev–Trinajstić information content (AvgIpc) is 2.62. The molecule has 3 rings (SSSR count). The van der Waals surface area contributed by atoms with Gasteiger partial charge in [-0.25, -0.2) is 4.98 Å². The number of benzene rings is 2. The topological polar surface area (TPSA) is 73.1 Å². The van der Waals surface area contributed by atoms with Crippen LogP contribution in [0.3, 0.4) is 0 Å². The molecule has 0 aliphatic rings. The first kappa shape index (κ1) is 17.0. The molecule has 128 valence electrons. The minimum absolute atomic E-state index is 0.0454. The van der Waals surface area contributed by atoms with E-state index >= 15 is 0 Å². The fourth-order valence-corrected chi connectivity index (χ4v) is 2.52. The number of halogens is 1. The van der Waals surface area contributed by atoms with Crippen LogP contribution in [0.5, 0.6) is 11.6 Å². The zero-order chi connectivity index (χ0) is 17.8. The van der Waals surface area contributed by atoms with Crippen molar-refractivity contribution in [2.24, 2.45) is 0 Å². The Kier molecular flexibility index (Phi) is 5.05. The van der Waals surface area contributed by atoms with E-state index in [1.807, 2.05) is 50.2 Å². The summed E-state index contributed by atoms with van der Waals surface area (Å²) in [7, 11) is 0. The second kappa shape index (κ2) is 7.40. The summed E-state index contributed by atoms with van der Waals surface area (Å²) >= 11 is 6.04. The average molecular weight is 355 g/mol. The van der Waals surface area contributed by atoms with Crippen LogP contribution in [0.4, 0.5) is 11.5 Å². The van der Waals surface area contributed by atoms with E-state index in [1.54, 1.807) is 12.1 Å². The first-order valence-electron chi connectivity index (χ1n) is 7.90. The van der Waals surface area contributed by atoms with Gasteiger partial charge in [0.15, 0.2) is 5.82 Å². The molecule has 1 unspecified atom stereocenters. The van der Waals surface area contributed by atoms with E-state index in [4.69, 9.17) is 22.1 Å². The van der Waals surface area contributed by atoms with E-state index in [-0.39, 0.29) is 6.04 Å². The second-order valence-corrected chi connectivity index (χ2v) is 6.14. The number of hydrogen-bond acceptors (Lipinski definition) is 5. The van der Waals surface area contributed by atoms with Gasteiger partial charge in [-0.15, -0.1) is 0 Å². The third-order valence-electron chi connectivity index (χ3n) is 3.84. The smallest absolute Gasteiger partial charge is 0.248 e. The zero-order valence-electron chi connectivity index (χ0n) is 14.0. The van der Waals surface area contributed by atoms with Crippen LogP contribution in [0.2, 0.25) is 5.02 Å². The number of rotatable bonds is 5. The van der Waals surface area contributed by atoms with Crippen molar-refractivity contribution in [2.75, 3.05) is 11.1 Å². The molecule has 0 amide bonds. The number of ether oxygens (including phenoxy) is 1. The Morgan fingerprint density at radius 3 is 2.60 bits per heavy atom. The minimum Gasteiger partial charge on any atom is -0.437 e. The maximum atomic E-state index is 6.19. The Bertz CT molecular complexity index is 871. The monoisotopic (exact) mass is 354 g/mol. The SMILES string of the molecule is Cc1cc(Oc2ncnc(NC(C)c3ccccc3)c2N)ccc1Cl. The molecule has 0 aliphatic carbocycles. The van der Waals surface area contributed by atoms with Gasteiger partial charge in [-0.2, -0.15) is 4.98 Å². The van der Waals surface area contributed by atoms with Crippen LogP contribution in [-0.4, -0.2) is 9.97 Å². The molecule has 0 saturated carbocycles. The Balaban J connectivity index is 1.81. The molecular formula is C19H19ClN4O. The van der Waals surface area contributed by atoms with Crippen molar-refractivity contribution in [3.8, 4) is 11.6 Å². The molecule has 2 aromatic carbocycles. The molecule has 0 fully saturated rings. The lowest BCUT2D eigenvalue weighted by Crippen LogP contribution is -2.11. The van der Waals surface area contributed by atoms with Gasteiger partial charge in [-0.3, -0.25) is 0 Å². The van der Waals surface area contributed by atoms with Gasteiger partial charge < -0.3 is 15.8 Å². The molecule has 0 saturated heterocycles. The van der Waals surface area contributed by atoms with Gasteiger partial charge >= 0.3 is 0 Å². The van der Waals surface area contributed by atoms with E-state index in [9.17, 15) is 0 Å². The maximum Gasteiger partial charge on any atom is 0.248 e. The Hall–Kier alpha value is -2.79. The number of nitrogens with zero attached hydrogens (tertiary/aromatic N) is 2. The Labute approximate surface area is 151 Å². The first-order valence-corrected chi connectivity index (χ1v) is 8.28. The predicted molar refractivity (Wildman–Crippen MR) is 101 cm³/mol. The molecule has 5 nitrogen and oxygen atoms in total. The molecule has 1 aromatic heterocycles. The van der Waals surface area contributed by atoms with Gasteiger partial charge in [-0.1, -0.05) is 41.9 Å². The fourth-order valence-electron chi connectivity index (χ4n) is 2.40. The van der Waals surface area contributed by atoms with Gasteiger partial charge in [0, 0.05) is 5.02 Å². The summed E-state index contributed by atoms with van der Waals surface area (Å²) < 4.78 is 5.80. The summed E-state index contributed by atoms with van der Waals surface area (Å²) in [6.45, 7) is 3.95. The van der Waals surface area contributed by atoms with Crippen molar-refractivity contribution >= 4 is 23.1 Å². The standard InChI is InChI=1S/C19H19ClN4O/c1-12-10-15(8-9-16(12)20)25-19-17(21)18(22-11-23-19)24-13(2)14-6-4-3-5-7-14/h3-11,13H,21H2,1-2H3,(H,22,23,24). The Morgan fingerprint density at radius 1 is 1.12 bits per heavy atom. The van der Waals surface area contributed by atoms with Crippen molar-refractivity contribution in [3.63, 3.8) is 0 Å². The predicted octanol–water partition coefficient (Wildman–Crippen LogP) is 4.99. The van der Waals surface area contributed by atoms with E-state index in [1.165, 1.54) is 6.33 Å². The molecule has 6 heteroatoms. The van der Waals surface area contributed by atoms with Gasteiger partial charge in [0.05, 0.1) is 6.04 Å². The van der Waals surface area contributed by atoms with E-state index in [0.717, 1.165) is 11.1 Å². The van der Waals surface area contributed by atoms with Crippen LogP contribution in [-0.2, 0) is 0 Å². The molecule has 1 atom stereocenters. The van der Waals surface area contributed by atoms with Crippen molar-refractivity contribution in [1.82, 2.24) is 9.97 Å². The van der Waals surface area contributed by atoms with Gasteiger partial charge in [-0.05, 0) is 43.2 Å². The quantitative estimate of drug-likeness (QED) is 0.675. The van der Waals surface area contributed by atoms with Gasteiger partial charge in [0.25, 0.3) is 0 Å². The number of aryl methyl sites for hydroxylation is 1. The number of nitrogens with two attached hydrogens (primary N) is 1. The summed E-state index contributed by atoms with van der Waals surface area (Å²) in [5.74, 6) is 1.46. The molecule has 25 heavy (non-hydrogen) atoms. The van der Waals surface area contributed by atoms with Crippen LogP contribution < -0.4 is 15.8 Å². The van der Waals surface area contributed by atoms with Crippen LogP contribution in [0.25, 0.3) is 0 Å². The van der Waals surface area contributed by atoms with E-state index in [0.29, 0.717) is 28.2 Å². The summed E-state index contributed by atoms with van der Waals surface area (Å²) in [5, 5.41) is 3.98. The highest BCUT2D eigenvalue weighted by atomic mass is 35.5. The third kappa shape index (κ3) is 4.00. The van der Waals surface area contributed by atoms with Crippen molar-refractivity contribution in [1.29, 1.82) is 0 Å². The molecule has 0 bridgehead atoms. The number of hydrogen-bond donors (Lipinski definition) is 2. The largest absolute Gasteiger partial charge is 0.437 e. The maximum absolute atomic E-state index is 6.19. The number of aromatic nitrogens is 2. The van der Waals surface area contributed by atoms with Crippen molar-refractivity contribution in [2.45, 2.75) is 19.9 Å². The summed E-state index contributed by atoms with van der Waals surface area (Å²) in [6.07, 6.45) is 1.43. The molecule has 0 spiro atoms. The third-order valence-corrected chi connectivity index (χ3v) is 4.27. The summed E-state index contributed by atoms with van der Waals surface area (Å²) in [6, 6.07) is 15.5. The van der Waals surface area contributed by atoms with Crippen LogP contribution in [0, 0.1) is 6.92 Å². The number of nitrogen functional groups attached to an aromatic ring is 1. The van der Waals surface area contributed by atoms with Gasteiger partial charge in [0.2, 0.25) is 5.88 Å². The van der Waals surface area contributed by atoms with Crippen molar-refractivity contribution in [3.05, 3.63) is 71.0 Å². The normalized spacial score (nSPS) is 11.8. The fraction of sp³-hybridized carbons (Fsp3) is 0.158. The second-order valence-electron chi connectivity index (χ2n) is 5.73. The first-order chi connectivity index (χ1) is 12.0. The number of nitrogens with one attached hydrogen (secondary N) is 1. The van der Waals surface area contributed by atoms with Crippen molar-refractivity contribution < 1.29 is 4.74 Å². The summed E-state index contributed by atoms with van der Waals surface area (Å²) in [5.41, 5.74) is 8.60. The van der Waals surface area contributed by atoms with Crippen LogP contribution in [0.15, 0.2) is 54.9 Å². The molecule has 3 aromatic rings. The highest BCUT2D eigenvalue weighted by Crippen LogP contribution is 2.32. The molecule has 0 radical (unpaired) electrons. The zero-order valence-corrected chi connectivity index (χ0v) is 14.8. The lowest BCUT2D eigenvalue weighted by Gasteiger charge is -2.17. The highest BCUT2D eigenvalue weighted by molar-refractivity contribution is 6.31. The van der Waals surface area contributed by atoms with E-state index < -0.39 is 0 Å². The molecule has 0 aliphatic heterocycles. The molecular weight excluding hydrogens is 336 g/mol. The van der Waals surface area contributed by atoms with Crippen LogP contribution >= 0.6 is 11.6 Å². The summed E-state index contributed by atoms with van der Waals surface area (Å²) in [4.78, 5) is 8.36. The highest BCUT2D eigenvalue weighted by Gasteiger charge is 2.13. The Morgan fingerprint density at radius 2 is 1.88 bits per heavy atom.